The summed E-state index contributed by atoms with van der Waals surface area (Å²) < 4.78 is 24.7. The molecule has 2 rings (SSSR count). The van der Waals surface area contributed by atoms with Gasteiger partial charge in [-0.3, -0.25) is 14.5 Å². The molecule has 1 amide bonds. The van der Waals surface area contributed by atoms with Crippen molar-refractivity contribution in [2.75, 3.05) is 11.0 Å². The molecule has 0 radical (unpaired) electrons. The average Bonchev–Trinajstić information content (AvgIpc) is 2.53. The largest absolute Gasteiger partial charge is 0.346 e. The lowest BCUT2D eigenvalue weighted by atomic mass is 10.1. The van der Waals surface area contributed by atoms with Gasteiger partial charge in [0, 0.05) is 18.0 Å². The number of benzene rings is 1. The molecule has 126 valence electrons. The van der Waals surface area contributed by atoms with Gasteiger partial charge in [0.05, 0.1) is 18.0 Å². The highest BCUT2D eigenvalue weighted by atomic mass is 32.2. The fourth-order valence-electron chi connectivity index (χ4n) is 2.03. The van der Waals surface area contributed by atoms with Gasteiger partial charge in [-0.25, -0.2) is 8.42 Å². The van der Waals surface area contributed by atoms with Gasteiger partial charge in [-0.05, 0) is 42.8 Å². The van der Waals surface area contributed by atoms with Crippen LogP contribution in [0, 0.1) is 0 Å². The van der Waals surface area contributed by atoms with Crippen LogP contribution in [0.5, 0.6) is 0 Å². The zero-order valence-electron chi connectivity index (χ0n) is 13.4. The van der Waals surface area contributed by atoms with Gasteiger partial charge in [-0.15, -0.1) is 0 Å². The summed E-state index contributed by atoms with van der Waals surface area (Å²) in [5.74, 6) is -0.230. The van der Waals surface area contributed by atoms with Crippen molar-refractivity contribution in [1.29, 1.82) is 0 Å². The minimum atomic E-state index is -3.30. The monoisotopic (exact) mass is 345 g/mol. The number of nitrogens with one attached hydrogen (secondary N) is 2. The van der Waals surface area contributed by atoms with E-state index in [0.29, 0.717) is 11.4 Å². The molecule has 0 aliphatic heterocycles. The Morgan fingerprint density at radius 2 is 1.88 bits per heavy atom. The summed E-state index contributed by atoms with van der Waals surface area (Å²) in [6.07, 6.45) is 5.82. The number of anilines is 1. The molecule has 1 heterocycles. The number of rotatable bonds is 6. The molecule has 2 aromatic rings. The number of nitrogens with zero attached hydrogens (tertiary/aromatic N) is 1. The molecule has 0 unspecified atom stereocenters. The van der Waals surface area contributed by atoms with Gasteiger partial charge in [-0.2, -0.15) is 0 Å². The number of hydrogen-bond donors (Lipinski definition) is 2. The lowest BCUT2D eigenvalue weighted by Gasteiger charge is -2.13. The number of hydrogen-bond acceptors (Lipinski definition) is 4. The summed E-state index contributed by atoms with van der Waals surface area (Å²) in [6.45, 7) is 1.85. The fourth-order valence-corrected chi connectivity index (χ4v) is 2.60. The third-order valence-corrected chi connectivity index (χ3v) is 3.77. The molecule has 0 bridgehead atoms. The first-order valence-corrected chi connectivity index (χ1v) is 9.20. The Morgan fingerprint density at radius 1 is 1.17 bits per heavy atom. The molecular formula is C17H19N3O3S. The Morgan fingerprint density at radius 3 is 2.46 bits per heavy atom. The van der Waals surface area contributed by atoms with Crippen molar-refractivity contribution in [1.82, 2.24) is 10.3 Å². The Balaban J connectivity index is 1.95. The highest BCUT2D eigenvalue weighted by molar-refractivity contribution is 7.92. The number of carbonyl (C=O) groups excluding carboxylic acids is 1. The summed E-state index contributed by atoms with van der Waals surface area (Å²) in [4.78, 5) is 16.0. The van der Waals surface area contributed by atoms with Crippen LogP contribution in [0.1, 0.15) is 24.2 Å². The van der Waals surface area contributed by atoms with Crippen molar-refractivity contribution in [3.8, 4) is 0 Å². The van der Waals surface area contributed by atoms with Crippen LogP contribution in [-0.2, 0) is 14.8 Å². The second kappa shape index (κ2) is 7.74. The average molecular weight is 345 g/mol. The molecule has 0 aliphatic rings. The van der Waals surface area contributed by atoms with Gasteiger partial charge < -0.3 is 5.32 Å². The third-order valence-electron chi connectivity index (χ3n) is 3.17. The molecule has 24 heavy (non-hydrogen) atoms. The van der Waals surface area contributed by atoms with E-state index < -0.39 is 10.0 Å². The summed E-state index contributed by atoms with van der Waals surface area (Å²) >= 11 is 0. The molecule has 6 nitrogen and oxygen atoms in total. The minimum Gasteiger partial charge on any atom is -0.346 e. The Hall–Kier alpha value is -2.67. The van der Waals surface area contributed by atoms with E-state index in [-0.39, 0.29) is 11.9 Å². The van der Waals surface area contributed by atoms with E-state index in [4.69, 9.17) is 0 Å². The maximum atomic E-state index is 11.9. The van der Waals surface area contributed by atoms with Crippen molar-refractivity contribution in [2.45, 2.75) is 13.0 Å². The minimum absolute atomic E-state index is 0.210. The lowest BCUT2D eigenvalue weighted by Crippen LogP contribution is -2.24. The molecule has 0 saturated carbocycles. The summed E-state index contributed by atoms with van der Waals surface area (Å²) in [7, 11) is -3.30. The zero-order valence-corrected chi connectivity index (χ0v) is 14.2. The first-order chi connectivity index (χ1) is 11.3. The molecule has 0 aliphatic carbocycles. The molecular weight excluding hydrogens is 326 g/mol. The van der Waals surface area contributed by atoms with Crippen molar-refractivity contribution in [3.05, 3.63) is 66.0 Å². The van der Waals surface area contributed by atoms with Gasteiger partial charge in [0.2, 0.25) is 15.9 Å². The van der Waals surface area contributed by atoms with Crippen LogP contribution in [0.25, 0.3) is 6.08 Å². The maximum absolute atomic E-state index is 11.9. The molecule has 0 saturated heterocycles. The molecule has 7 heteroatoms. The van der Waals surface area contributed by atoms with E-state index in [2.05, 4.69) is 15.0 Å². The molecule has 2 N–H and O–H groups in total. The quantitative estimate of drug-likeness (QED) is 0.787. The molecule has 0 spiro atoms. The first kappa shape index (κ1) is 17.7. The van der Waals surface area contributed by atoms with E-state index in [9.17, 15) is 13.2 Å². The molecule has 1 aromatic carbocycles. The fraction of sp³-hybridized carbons (Fsp3) is 0.176. The number of pyridine rings is 1. The Kier molecular flexibility index (Phi) is 5.70. The van der Waals surface area contributed by atoms with E-state index in [1.54, 1.807) is 42.6 Å². The number of aromatic nitrogens is 1. The maximum Gasteiger partial charge on any atom is 0.244 e. The standard InChI is InChI=1S/C17H19N3O3S/c1-13(14-6-8-16(9-7-14)20-24(2,22)23)19-17(21)11-10-15-5-3-4-12-18-15/h3-13,20H,1-2H3,(H,19,21)/b11-10+/t13-/m1/s1. The van der Waals surface area contributed by atoms with Crippen LogP contribution >= 0.6 is 0 Å². The van der Waals surface area contributed by atoms with Crippen LogP contribution in [-0.4, -0.2) is 25.6 Å². The van der Waals surface area contributed by atoms with Crippen LogP contribution in [0.2, 0.25) is 0 Å². The third kappa shape index (κ3) is 5.85. The molecule has 1 atom stereocenters. The number of carbonyl (C=O) groups is 1. The van der Waals surface area contributed by atoms with E-state index in [1.165, 1.54) is 6.08 Å². The van der Waals surface area contributed by atoms with E-state index in [1.807, 2.05) is 19.1 Å². The van der Waals surface area contributed by atoms with Crippen molar-refractivity contribution < 1.29 is 13.2 Å². The Bertz CT molecular complexity index is 816. The second-order valence-corrected chi connectivity index (χ2v) is 7.06. The van der Waals surface area contributed by atoms with Gasteiger partial charge in [-0.1, -0.05) is 18.2 Å². The van der Waals surface area contributed by atoms with Crippen molar-refractivity contribution >= 4 is 27.7 Å². The van der Waals surface area contributed by atoms with Crippen LogP contribution in [0.3, 0.4) is 0 Å². The number of sulfonamides is 1. The molecule has 1 aromatic heterocycles. The smallest absolute Gasteiger partial charge is 0.244 e. The van der Waals surface area contributed by atoms with Gasteiger partial charge in [0.25, 0.3) is 0 Å². The zero-order chi connectivity index (χ0) is 17.6. The van der Waals surface area contributed by atoms with Gasteiger partial charge in [0.15, 0.2) is 0 Å². The predicted octanol–water partition coefficient (Wildman–Crippen LogP) is 2.34. The van der Waals surface area contributed by atoms with E-state index in [0.717, 1.165) is 11.8 Å². The summed E-state index contributed by atoms with van der Waals surface area (Å²) in [5.41, 5.74) is 2.06. The molecule has 0 fully saturated rings. The van der Waals surface area contributed by atoms with E-state index >= 15 is 0 Å². The topological polar surface area (TPSA) is 88.2 Å². The summed E-state index contributed by atoms with van der Waals surface area (Å²) in [5, 5.41) is 2.84. The van der Waals surface area contributed by atoms with Gasteiger partial charge in [0.1, 0.15) is 0 Å². The highest BCUT2D eigenvalue weighted by Crippen LogP contribution is 2.16. The van der Waals surface area contributed by atoms with Crippen LogP contribution in [0.4, 0.5) is 5.69 Å². The van der Waals surface area contributed by atoms with Crippen molar-refractivity contribution in [3.63, 3.8) is 0 Å². The van der Waals surface area contributed by atoms with Crippen LogP contribution in [0.15, 0.2) is 54.7 Å². The first-order valence-electron chi connectivity index (χ1n) is 7.31. The Labute approximate surface area is 141 Å². The normalized spacial score (nSPS) is 12.8. The summed E-state index contributed by atoms with van der Waals surface area (Å²) in [6, 6.07) is 12.1. The lowest BCUT2D eigenvalue weighted by molar-refractivity contribution is -0.117. The highest BCUT2D eigenvalue weighted by Gasteiger charge is 2.08. The number of amides is 1. The second-order valence-electron chi connectivity index (χ2n) is 5.31. The SMILES string of the molecule is C[C@@H](NC(=O)/C=C/c1ccccn1)c1ccc(NS(C)(=O)=O)cc1. The predicted molar refractivity (Wildman–Crippen MR) is 94.7 cm³/mol. The van der Waals surface area contributed by atoms with Crippen LogP contribution < -0.4 is 10.0 Å². The van der Waals surface area contributed by atoms with Gasteiger partial charge >= 0.3 is 0 Å². The van der Waals surface area contributed by atoms with Crippen molar-refractivity contribution in [2.24, 2.45) is 0 Å².